The fourth-order valence-electron chi connectivity index (χ4n) is 4.79. The number of carbonyl (C=O) groups excluding carboxylic acids is 1. The summed E-state index contributed by atoms with van der Waals surface area (Å²) in [5.74, 6) is 0.306. The summed E-state index contributed by atoms with van der Waals surface area (Å²) in [4.78, 5) is 25.4. The molecule has 3 saturated heterocycles. The number of alkyl halides is 2. The predicted molar refractivity (Wildman–Crippen MR) is 109 cm³/mol. The van der Waals surface area contributed by atoms with E-state index < -0.39 is 12.0 Å². The van der Waals surface area contributed by atoms with Gasteiger partial charge in [0.2, 0.25) is 5.95 Å². The summed E-state index contributed by atoms with van der Waals surface area (Å²) in [6.45, 7) is 0.958. The van der Waals surface area contributed by atoms with Crippen LogP contribution in [0.1, 0.15) is 49.4 Å². The van der Waals surface area contributed by atoms with Crippen LogP contribution in [0.4, 0.5) is 14.7 Å². The van der Waals surface area contributed by atoms with Crippen molar-refractivity contribution in [3.05, 3.63) is 52.3 Å². The molecule has 1 aromatic carbocycles. The van der Waals surface area contributed by atoms with Gasteiger partial charge in [0.05, 0.1) is 10.5 Å². The van der Waals surface area contributed by atoms with Crippen molar-refractivity contribution in [2.75, 3.05) is 18.0 Å². The Kier molecular flexibility index (Phi) is 4.97. The van der Waals surface area contributed by atoms with Gasteiger partial charge < -0.3 is 14.5 Å². The molecular formula is C21H21BrF2N4O2. The number of carbonyl (C=O) groups is 1. The molecule has 9 heteroatoms. The van der Waals surface area contributed by atoms with Crippen molar-refractivity contribution < 1.29 is 18.3 Å². The number of piperidine rings is 1. The SMILES string of the molecule is O=C1N2C(CC[C@H]2c2ccccc2)OC12CCN(c1ncc(Br)c(C(F)F)n1)CC2. The number of hydrogen-bond donors (Lipinski definition) is 0. The molecule has 3 aliphatic heterocycles. The fourth-order valence-corrected chi connectivity index (χ4v) is 5.16. The molecule has 1 aromatic heterocycles. The molecule has 158 valence electrons. The first-order chi connectivity index (χ1) is 14.5. The molecule has 0 radical (unpaired) electrons. The largest absolute Gasteiger partial charge is 0.342 e. The third-order valence-corrected chi connectivity index (χ3v) is 6.93. The molecule has 2 atom stereocenters. The smallest absolute Gasteiger partial charge is 0.281 e. The van der Waals surface area contributed by atoms with E-state index in [1.165, 1.54) is 6.20 Å². The summed E-state index contributed by atoms with van der Waals surface area (Å²) in [5, 5.41) is 0. The Morgan fingerprint density at radius 3 is 2.60 bits per heavy atom. The van der Waals surface area contributed by atoms with Crippen molar-refractivity contribution in [1.29, 1.82) is 0 Å². The van der Waals surface area contributed by atoms with E-state index in [1.807, 2.05) is 28.0 Å². The number of benzene rings is 1. The van der Waals surface area contributed by atoms with Crippen molar-refractivity contribution >= 4 is 27.8 Å². The van der Waals surface area contributed by atoms with Gasteiger partial charge in [-0.15, -0.1) is 0 Å². The summed E-state index contributed by atoms with van der Waals surface area (Å²) in [6.07, 6.45) is 1.18. The highest BCUT2D eigenvalue weighted by atomic mass is 79.9. The Morgan fingerprint density at radius 2 is 1.90 bits per heavy atom. The van der Waals surface area contributed by atoms with Crippen LogP contribution in [-0.2, 0) is 9.53 Å². The van der Waals surface area contributed by atoms with E-state index in [9.17, 15) is 13.6 Å². The lowest BCUT2D eigenvalue weighted by atomic mass is 9.89. The Bertz CT molecular complexity index is 953. The Morgan fingerprint density at radius 1 is 1.17 bits per heavy atom. The van der Waals surface area contributed by atoms with Crippen molar-refractivity contribution in [3.63, 3.8) is 0 Å². The zero-order valence-corrected chi connectivity index (χ0v) is 17.8. The number of hydrogen-bond acceptors (Lipinski definition) is 5. The second-order valence-electron chi connectivity index (χ2n) is 7.97. The molecule has 3 fully saturated rings. The molecule has 0 N–H and O–H groups in total. The van der Waals surface area contributed by atoms with E-state index >= 15 is 0 Å². The molecule has 30 heavy (non-hydrogen) atoms. The minimum atomic E-state index is -2.68. The maximum Gasteiger partial charge on any atom is 0.281 e. The third-order valence-electron chi connectivity index (χ3n) is 6.32. The molecule has 0 saturated carbocycles. The molecule has 0 aliphatic carbocycles. The van der Waals surface area contributed by atoms with Gasteiger partial charge in [-0.1, -0.05) is 30.3 Å². The molecule has 4 heterocycles. The first-order valence-electron chi connectivity index (χ1n) is 10.1. The first kappa shape index (κ1) is 19.8. The van der Waals surface area contributed by atoms with Gasteiger partial charge in [-0.2, -0.15) is 0 Å². The number of anilines is 1. The molecule has 1 unspecified atom stereocenters. The average molecular weight is 479 g/mol. The van der Waals surface area contributed by atoms with Gasteiger partial charge in [-0.05, 0) is 34.3 Å². The van der Waals surface area contributed by atoms with Gasteiger partial charge in [0, 0.05) is 32.1 Å². The van der Waals surface area contributed by atoms with Crippen LogP contribution in [0.3, 0.4) is 0 Å². The fraction of sp³-hybridized carbons (Fsp3) is 0.476. The van der Waals surface area contributed by atoms with Crippen LogP contribution < -0.4 is 4.90 Å². The van der Waals surface area contributed by atoms with Gasteiger partial charge in [0.15, 0.2) is 5.60 Å². The van der Waals surface area contributed by atoms with Crippen LogP contribution in [0.2, 0.25) is 0 Å². The lowest BCUT2D eigenvalue weighted by Gasteiger charge is -2.37. The van der Waals surface area contributed by atoms with E-state index in [-0.39, 0.29) is 34.3 Å². The molecule has 3 aliphatic rings. The highest BCUT2D eigenvalue weighted by Crippen LogP contribution is 2.47. The van der Waals surface area contributed by atoms with Crippen LogP contribution >= 0.6 is 15.9 Å². The topological polar surface area (TPSA) is 58.6 Å². The number of ether oxygens (including phenoxy) is 1. The molecule has 0 bridgehead atoms. The minimum absolute atomic E-state index is 0.0449. The molecule has 1 spiro atoms. The quantitative estimate of drug-likeness (QED) is 0.660. The van der Waals surface area contributed by atoms with Crippen molar-refractivity contribution in [1.82, 2.24) is 14.9 Å². The summed E-state index contributed by atoms with van der Waals surface area (Å²) < 4.78 is 32.8. The van der Waals surface area contributed by atoms with E-state index in [0.29, 0.717) is 25.9 Å². The Hall–Kier alpha value is -2.13. The number of amides is 1. The Balaban J connectivity index is 1.32. The van der Waals surface area contributed by atoms with Crippen LogP contribution in [-0.4, -0.2) is 45.7 Å². The maximum absolute atomic E-state index is 13.4. The van der Waals surface area contributed by atoms with Crippen LogP contribution in [0, 0.1) is 0 Å². The predicted octanol–water partition coefficient (Wildman–Crippen LogP) is 4.24. The monoisotopic (exact) mass is 478 g/mol. The van der Waals surface area contributed by atoms with Crippen molar-refractivity contribution in [3.8, 4) is 0 Å². The highest BCUT2D eigenvalue weighted by Gasteiger charge is 2.58. The molecular weight excluding hydrogens is 458 g/mol. The number of halogens is 3. The highest BCUT2D eigenvalue weighted by molar-refractivity contribution is 9.10. The number of aromatic nitrogens is 2. The normalized spacial score (nSPS) is 25.4. The van der Waals surface area contributed by atoms with Crippen molar-refractivity contribution in [2.45, 2.75) is 50.0 Å². The second-order valence-corrected chi connectivity index (χ2v) is 8.83. The summed E-state index contributed by atoms with van der Waals surface area (Å²) in [5.41, 5.74) is -0.0238. The van der Waals surface area contributed by atoms with Gasteiger partial charge in [-0.3, -0.25) is 4.79 Å². The standard InChI is InChI=1S/C21H21BrF2N4O2/c22-14-12-25-20(26-17(14)18(23)24)27-10-8-21(9-11-27)19(29)28-15(6-7-16(28)30-21)13-4-2-1-3-5-13/h1-5,12,15-16,18H,6-11H2/t15-,16?/m0/s1. The van der Waals surface area contributed by atoms with Gasteiger partial charge in [0.25, 0.3) is 12.3 Å². The zero-order valence-electron chi connectivity index (χ0n) is 16.2. The minimum Gasteiger partial charge on any atom is -0.342 e. The molecule has 2 aromatic rings. The number of rotatable bonds is 3. The molecule has 6 nitrogen and oxygen atoms in total. The van der Waals surface area contributed by atoms with Crippen molar-refractivity contribution in [2.24, 2.45) is 0 Å². The molecule has 1 amide bonds. The number of nitrogens with zero attached hydrogens (tertiary/aromatic N) is 4. The van der Waals surface area contributed by atoms with E-state index in [1.54, 1.807) is 0 Å². The van der Waals surface area contributed by atoms with E-state index in [2.05, 4.69) is 38.0 Å². The van der Waals surface area contributed by atoms with Gasteiger partial charge >= 0.3 is 0 Å². The lowest BCUT2D eigenvalue weighted by Crippen LogP contribution is -2.50. The van der Waals surface area contributed by atoms with Gasteiger partial charge in [-0.25, -0.2) is 18.7 Å². The van der Waals surface area contributed by atoms with E-state index in [0.717, 1.165) is 18.4 Å². The summed E-state index contributed by atoms with van der Waals surface area (Å²) >= 11 is 3.07. The van der Waals surface area contributed by atoms with Crippen LogP contribution in [0.5, 0.6) is 0 Å². The van der Waals surface area contributed by atoms with Gasteiger partial charge in [0.1, 0.15) is 11.9 Å². The van der Waals surface area contributed by atoms with Crippen LogP contribution in [0.15, 0.2) is 41.0 Å². The van der Waals surface area contributed by atoms with Crippen LogP contribution in [0.25, 0.3) is 0 Å². The first-order valence-corrected chi connectivity index (χ1v) is 10.9. The lowest BCUT2D eigenvalue weighted by molar-refractivity contribution is -0.140. The zero-order chi connectivity index (χ0) is 20.9. The summed E-state index contributed by atoms with van der Waals surface area (Å²) in [6, 6.07) is 10.1. The maximum atomic E-state index is 13.4. The van der Waals surface area contributed by atoms with E-state index in [4.69, 9.17) is 4.74 Å². The Labute approximate surface area is 181 Å². The molecule has 5 rings (SSSR count). The second kappa shape index (κ2) is 7.53. The summed E-state index contributed by atoms with van der Waals surface area (Å²) in [7, 11) is 0. The average Bonchev–Trinajstić information content (AvgIpc) is 3.28. The number of fused-ring (bicyclic) bond motifs is 1. The third kappa shape index (κ3) is 3.19.